The Morgan fingerprint density at radius 3 is 2.56 bits per heavy atom. The van der Waals surface area contributed by atoms with Crippen molar-refractivity contribution in [2.45, 2.75) is 31.6 Å². The number of hydrogen-bond acceptors (Lipinski definition) is 4. The van der Waals surface area contributed by atoms with Crippen LogP contribution in [0.4, 0.5) is 0 Å². The molecule has 0 radical (unpaired) electrons. The van der Waals surface area contributed by atoms with Crippen molar-refractivity contribution < 1.29 is 14.6 Å². The molecule has 1 amide bonds. The molecule has 0 aliphatic carbocycles. The molecule has 0 fully saturated rings. The van der Waals surface area contributed by atoms with Crippen LogP contribution in [-0.4, -0.2) is 34.7 Å². The third kappa shape index (κ3) is 2.97. The zero-order valence-corrected chi connectivity index (χ0v) is 14.4. The van der Waals surface area contributed by atoms with E-state index >= 15 is 0 Å². The second kappa shape index (κ2) is 6.23. The molecule has 0 saturated carbocycles. The van der Waals surface area contributed by atoms with Crippen LogP contribution in [0.2, 0.25) is 0 Å². The summed E-state index contributed by atoms with van der Waals surface area (Å²) in [4.78, 5) is 14.4. The van der Waals surface area contributed by atoms with Gasteiger partial charge in [0.05, 0.1) is 17.7 Å². The van der Waals surface area contributed by atoms with E-state index in [2.05, 4.69) is 6.07 Å². The number of ether oxygens (including phenoxy) is 1. The maximum absolute atomic E-state index is 12.9. The highest BCUT2D eigenvalue weighted by molar-refractivity contribution is 5.94. The number of benzene rings is 2. The van der Waals surface area contributed by atoms with Gasteiger partial charge in [0.25, 0.3) is 5.91 Å². The number of likely N-dealkylation sites (N-methyl/N-ethyl adjacent to an activating group) is 1. The molecule has 1 aliphatic rings. The second-order valence-electron chi connectivity index (χ2n) is 6.74. The largest absolute Gasteiger partial charge is 0.485 e. The summed E-state index contributed by atoms with van der Waals surface area (Å²) in [6.45, 7) is 3.57. The molecule has 25 heavy (non-hydrogen) atoms. The molecule has 1 aliphatic heterocycles. The maximum atomic E-state index is 12.9. The monoisotopic (exact) mass is 336 g/mol. The average molecular weight is 336 g/mol. The van der Waals surface area contributed by atoms with Crippen molar-refractivity contribution in [2.75, 3.05) is 7.05 Å². The molecule has 2 aromatic rings. The summed E-state index contributed by atoms with van der Waals surface area (Å²) in [5.41, 5.74) is 0.772. The number of aliphatic hydroxyl groups is 1. The van der Waals surface area contributed by atoms with E-state index in [9.17, 15) is 15.2 Å². The highest BCUT2D eigenvalue weighted by Crippen LogP contribution is 2.43. The van der Waals surface area contributed by atoms with Gasteiger partial charge < -0.3 is 14.7 Å². The Balaban J connectivity index is 2.07. The van der Waals surface area contributed by atoms with Crippen LogP contribution in [-0.2, 0) is 0 Å². The molecule has 5 nitrogen and oxygen atoms in total. The fourth-order valence-electron chi connectivity index (χ4n) is 3.17. The molecule has 1 N–H and O–H groups in total. The van der Waals surface area contributed by atoms with E-state index in [1.807, 2.05) is 6.07 Å². The summed E-state index contributed by atoms with van der Waals surface area (Å²) in [5.74, 6) is 0.377. The van der Waals surface area contributed by atoms with E-state index in [4.69, 9.17) is 4.74 Å². The minimum atomic E-state index is -0.938. The van der Waals surface area contributed by atoms with E-state index in [0.717, 1.165) is 0 Å². The lowest BCUT2D eigenvalue weighted by molar-refractivity contribution is -0.0830. The molecule has 0 unspecified atom stereocenters. The molecule has 2 aromatic carbocycles. The lowest BCUT2D eigenvalue weighted by Crippen LogP contribution is -2.53. The summed E-state index contributed by atoms with van der Waals surface area (Å²) in [6, 6.07) is 15.5. The molecular formula is C20H20N2O3. The van der Waals surface area contributed by atoms with E-state index in [1.165, 1.54) is 4.90 Å². The van der Waals surface area contributed by atoms with Gasteiger partial charge in [-0.05, 0) is 44.2 Å². The first-order valence-corrected chi connectivity index (χ1v) is 8.08. The highest BCUT2D eigenvalue weighted by atomic mass is 16.5. The first kappa shape index (κ1) is 17.0. The van der Waals surface area contributed by atoms with Crippen molar-refractivity contribution in [1.29, 1.82) is 5.26 Å². The Hall–Kier alpha value is -2.84. The van der Waals surface area contributed by atoms with Crippen LogP contribution >= 0.6 is 0 Å². The minimum Gasteiger partial charge on any atom is -0.485 e. The highest BCUT2D eigenvalue weighted by Gasteiger charge is 2.45. The number of rotatable bonds is 2. The summed E-state index contributed by atoms with van der Waals surface area (Å²) in [7, 11) is 1.66. The van der Waals surface area contributed by atoms with Gasteiger partial charge >= 0.3 is 0 Å². The third-order valence-electron chi connectivity index (χ3n) is 4.60. The summed E-state index contributed by atoms with van der Waals surface area (Å²) < 4.78 is 5.90. The molecule has 0 bridgehead atoms. The number of nitrogens with zero attached hydrogens (tertiary/aromatic N) is 2. The maximum Gasteiger partial charge on any atom is 0.254 e. The van der Waals surface area contributed by atoms with Crippen LogP contribution in [0, 0.1) is 11.3 Å². The van der Waals surface area contributed by atoms with Crippen molar-refractivity contribution in [3.63, 3.8) is 0 Å². The molecule has 0 aromatic heterocycles. The van der Waals surface area contributed by atoms with Crippen molar-refractivity contribution in [3.05, 3.63) is 65.2 Å². The molecule has 128 valence electrons. The lowest BCUT2D eigenvalue weighted by Gasteiger charge is -2.45. The van der Waals surface area contributed by atoms with Gasteiger partial charge in [-0.25, -0.2) is 0 Å². The van der Waals surface area contributed by atoms with Gasteiger partial charge in [0.1, 0.15) is 17.5 Å². The van der Waals surface area contributed by atoms with Crippen molar-refractivity contribution in [2.24, 2.45) is 0 Å². The van der Waals surface area contributed by atoms with Crippen LogP contribution in [0.15, 0.2) is 48.5 Å². The van der Waals surface area contributed by atoms with Gasteiger partial charge in [0.15, 0.2) is 0 Å². The number of carbonyl (C=O) groups excluding carboxylic acids is 1. The summed E-state index contributed by atoms with van der Waals surface area (Å²) >= 11 is 0. The normalized spacial score (nSPS) is 20.8. The van der Waals surface area contributed by atoms with Crippen molar-refractivity contribution in [1.82, 2.24) is 4.90 Å². The third-order valence-corrected chi connectivity index (χ3v) is 4.60. The number of aliphatic hydroxyl groups excluding tert-OH is 1. The van der Waals surface area contributed by atoms with E-state index in [-0.39, 0.29) is 5.91 Å². The Bertz CT molecular complexity index is 840. The Labute approximate surface area is 147 Å². The van der Waals surface area contributed by atoms with Gasteiger partial charge in [-0.15, -0.1) is 0 Å². The smallest absolute Gasteiger partial charge is 0.254 e. The number of nitriles is 1. The van der Waals surface area contributed by atoms with Gasteiger partial charge in [0, 0.05) is 18.2 Å². The number of hydrogen-bond donors (Lipinski definition) is 1. The predicted octanol–water partition coefficient (Wildman–Crippen LogP) is 2.90. The Morgan fingerprint density at radius 2 is 1.92 bits per heavy atom. The molecular weight excluding hydrogens is 316 g/mol. The molecule has 1 heterocycles. The SMILES string of the molecule is CN(C(=O)c1ccccc1)[C@@H]1c2cc(C#N)ccc2OC(C)(C)[C@H]1O. The van der Waals surface area contributed by atoms with Crippen LogP contribution in [0.25, 0.3) is 0 Å². The molecule has 0 saturated heterocycles. The van der Waals surface area contributed by atoms with Crippen LogP contribution in [0.3, 0.4) is 0 Å². The van der Waals surface area contributed by atoms with Crippen molar-refractivity contribution >= 4 is 5.91 Å². The van der Waals surface area contributed by atoms with Gasteiger partial charge in [-0.1, -0.05) is 18.2 Å². The number of fused-ring (bicyclic) bond motifs is 1. The summed E-state index contributed by atoms with van der Waals surface area (Å²) in [5, 5.41) is 20.1. The molecule has 3 rings (SSSR count). The van der Waals surface area contributed by atoms with Crippen LogP contribution in [0.5, 0.6) is 5.75 Å². The number of amides is 1. The van der Waals surface area contributed by atoms with Crippen LogP contribution in [0.1, 0.15) is 41.4 Å². The minimum absolute atomic E-state index is 0.198. The summed E-state index contributed by atoms with van der Waals surface area (Å²) in [6.07, 6.45) is -0.938. The topological polar surface area (TPSA) is 73.6 Å². The Kier molecular flexibility index (Phi) is 4.23. The molecule has 2 atom stereocenters. The number of carbonyl (C=O) groups is 1. The van der Waals surface area contributed by atoms with Gasteiger partial charge in [-0.3, -0.25) is 4.79 Å². The van der Waals surface area contributed by atoms with Crippen LogP contribution < -0.4 is 4.74 Å². The first-order valence-electron chi connectivity index (χ1n) is 8.08. The van der Waals surface area contributed by atoms with Gasteiger partial charge in [-0.2, -0.15) is 5.26 Å². The second-order valence-corrected chi connectivity index (χ2v) is 6.74. The fraction of sp³-hybridized carbons (Fsp3) is 0.300. The van der Waals surface area contributed by atoms with Gasteiger partial charge in [0.2, 0.25) is 0 Å². The zero-order chi connectivity index (χ0) is 18.2. The van der Waals surface area contributed by atoms with E-state index in [0.29, 0.717) is 22.4 Å². The zero-order valence-electron chi connectivity index (χ0n) is 14.4. The fourth-order valence-corrected chi connectivity index (χ4v) is 3.17. The van der Waals surface area contributed by atoms with E-state index in [1.54, 1.807) is 63.4 Å². The quantitative estimate of drug-likeness (QED) is 0.915. The standard InChI is InChI=1S/C20H20N2O3/c1-20(2)18(23)17(15-11-13(12-21)9-10-16(15)25-20)22(3)19(24)14-7-5-4-6-8-14/h4-11,17-18,23H,1-3H3/t17-,18+/m1/s1. The molecule has 0 spiro atoms. The average Bonchev–Trinajstić information content (AvgIpc) is 2.62. The van der Waals surface area contributed by atoms with Crippen molar-refractivity contribution in [3.8, 4) is 11.8 Å². The first-order chi connectivity index (χ1) is 11.8. The van der Waals surface area contributed by atoms with E-state index < -0.39 is 17.7 Å². The molecule has 5 heteroatoms. The Morgan fingerprint density at radius 1 is 1.24 bits per heavy atom. The lowest BCUT2D eigenvalue weighted by atomic mass is 9.85. The predicted molar refractivity (Wildman–Crippen MR) is 93.1 cm³/mol.